The van der Waals surface area contributed by atoms with Gasteiger partial charge in [0.1, 0.15) is 5.75 Å². The molecular weight excluding hydrogens is 246 g/mol. The van der Waals surface area contributed by atoms with E-state index in [-0.39, 0.29) is 0 Å². The van der Waals surface area contributed by atoms with E-state index in [1.165, 1.54) is 36.0 Å². The highest BCUT2D eigenvalue weighted by molar-refractivity contribution is 5.85. The second-order valence-electron chi connectivity index (χ2n) is 5.73. The first kappa shape index (κ1) is 13.3. The zero-order valence-electron chi connectivity index (χ0n) is 12.2. The van der Waals surface area contributed by atoms with E-state index in [9.17, 15) is 5.11 Å². The molecule has 0 amide bonds. The number of anilines is 1. The lowest BCUT2D eigenvalue weighted by atomic mass is 9.96. The third kappa shape index (κ3) is 2.35. The highest BCUT2D eigenvalue weighted by atomic mass is 16.3. The first-order valence-corrected chi connectivity index (χ1v) is 7.77. The lowest BCUT2D eigenvalue weighted by molar-refractivity contribution is 0.474. The number of hydrogen-bond acceptors (Lipinski definition) is 2. The molecule has 2 aliphatic rings. The molecule has 0 bridgehead atoms. The Hall–Kier alpha value is -1.70. The lowest BCUT2D eigenvalue weighted by Gasteiger charge is -2.23. The Morgan fingerprint density at radius 3 is 2.75 bits per heavy atom. The smallest absolute Gasteiger partial charge is 0.139 e. The van der Waals surface area contributed by atoms with Crippen LogP contribution in [-0.2, 0) is 0 Å². The normalized spacial score (nSPS) is 18.4. The molecule has 1 heterocycles. The summed E-state index contributed by atoms with van der Waals surface area (Å²) in [4.78, 5) is 2.35. The number of benzene rings is 1. The number of hydrogen-bond donors (Lipinski definition) is 1. The van der Waals surface area contributed by atoms with Crippen molar-refractivity contribution in [3.05, 3.63) is 41.5 Å². The Balaban J connectivity index is 2.05. The standard InChI is InChI=1S/C18H23NO/c1-2-7-14-8-5-9-15(14)16-10-6-11-17(20)18(16)19-12-3-4-13-19/h5-6,8,10-11,20H,2-4,7,9,12-13H2,1H3. The van der Waals surface area contributed by atoms with Gasteiger partial charge >= 0.3 is 0 Å². The molecule has 1 N–H and O–H groups in total. The van der Waals surface area contributed by atoms with Gasteiger partial charge in [0.2, 0.25) is 0 Å². The van der Waals surface area contributed by atoms with Gasteiger partial charge in [-0.15, -0.1) is 0 Å². The van der Waals surface area contributed by atoms with E-state index in [1.54, 1.807) is 0 Å². The Morgan fingerprint density at radius 2 is 2.00 bits per heavy atom. The summed E-state index contributed by atoms with van der Waals surface area (Å²) >= 11 is 0. The minimum Gasteiger partial charge on any atom is -0.506 e. The summed E-state index contributed by atoms with van der Waals surface area (Å²) in [5.74, 6) is 0.430. The Bertz CT molecular complexity index is 551. The van der Waals surface area contributed by atoms with E-state index >= 15 is 0 Å². The van der Waals surface area contributed by atoms with Gasteiger partial charge < -0.3 is 10.0 Å². The Labute approximate surface area is 121 Å². The van der Waals surface area contributed by atoms with Crippen molar-refractivity contribution < 1.29 is 5.11 Å². The van der Waals surface area contributed by atoms with Crippen molar-refractivity contribution >= 4 is 11.3 Å². The summed E-state index contributed by atoms with van der Waals surface area (Å²) in [6, 6.07) is 5.96. The highest BCUT2D eigenvalue weighted by Gasteiger charge is 2.22. The van der Waals surface area contributed by atoms with Gasteiger partial charge in [0, 0.05) is 18.7 Å². The van der Waals surface area contributed by atoms with Crippen molar-refractivity contribution in [2.24, 2.45) is 0 Å². The Kier molecular flexibility index (Phi) is 3.81. The van der Waals surface area contributed by atoms with Crippen LogP contribution in [0.2, 0.25) is 0 Å². The summed E-state index contributed by atoms with van der Waals surface area (Å²) in [6.45, 7) is 4.35. The molecule has 2 nitrogen and oxygen atoms in total. The molecule has 1 saturated heterocycles. The first-order valence-electron chi connectivity index (χ1n) is 7.77. The van der Waals surface area contributed by atoms with Crippen molar-refractivity contribution in [2.75, 3.05) is 18.0 Å². The summed E-state index contributed by atoms with van der Waals surface area (Å²) in [7, 11) is 0. The molecule has 3 rings (SSSR count). The fourth-order valence-electron chi connectivity index (χ4n) is 3.39. The van der Waals surface area contributed by atoms with Crippen LogP contribution in [0, 0.1) is 0 Å². The van der Waals surface area contributed by atoms with E-state index in [1.807, 2.05) is 12.1 Å². The third-order valence-corrected chi connectivity index (χ3v) is 4.31. The van der Waals surface area contributed by atoms with E-state index in [0.717, 1.165) is 31.6 Å². The molecular formula is C18H23NO. The van der Waals surface area contributed by atoms with E-state index in [0.29, 0.717) is 5.75 Å². The van der Waals surface area contributed by atoms with Crippen LogP contribution < -0.4 is 4.90 Å². The van der Waals surface area contributed by atoms with Crippen molar-refractivity contribution in [3.8, 4) is 5.75 Å². The van der Waals surface area contributed by atoms with Crippen LogP contribution >= 0.6 is 0 Å². The van der Waals surface area contributed by atoms with Gasteiger partial charge in [-0.3, -0.25) is 0 Å². The quantitative estimate of drug-likeness (QED) is 0.869. The highest BCUT2D eigenvalue weighted by Crippen LogP contribution is 2.41. The predicted octanol–water partition coefficient (Wildman–Crippen LogP) is 4.51. The Morgan fingerprint density at radius 1 is 1.20 bits per heavy atom. The molecule has 1 aliphatic carbocycles. The topological polar surface area (TPSA) is 23.5 Å². The van der Waals surface area contributed by atoms with Gasteiger partial charge in [-0.05, 0) is 42.9 Å². The molecule has 1 aliphatic heterocycles. The van der Waals surface area contributed by atoms with Crippen molar-refractivity contribution in [1.29, 1.82) is 0 Å². The van der Waals surface area contributed by atoms with Gasteiger partial charge in [-0.2, -0.15) is 0 Å². The molecule has 20 heavy (non-hydrogen) atoms. The van der Waals surface area contributed by atoms with Crippen molar-refractivity contribution in [1.82, 2.24) is 0 Å². The number of rotatable bonds is 4. The van der Waals surface area contributed by atoms with E-state index in [2.05, 4.69) is 30.0 Å². The molecule has 1 fully saturated rings. The number of phenolic OH excluding ortho intramolecular Hbond substituents is 1. The fourth-order valence-corrected chi connectivity index (χ4v) is 3.39. The molecule has 0 radical (unpaired) electrons. The van der Waals surface area contributed by atoms with Gasteiger partial charge in [0.25, 0.3) is 0 Å². The summed E-state index contributed by atoms with van der Waals surface area (Å²) in [5.41, 5.74) is 5.14. The number of allylic oxidation sites excluding steroid dienone is 4. The summed E-state index contributed by atoms with van der Waals surface area (Å²) in [5, 5.41) is 10.3. The number of aromatic hydroxyl groups is 1. The maximum Gasteiger partial charge on any atom is 0.139 e. The van der Waals surface area contributed by atoms with Gasteiger partial charge in [-0.1, -0.05) is 37.6 Å². The minimum atomic E-state index is 0.430. The molecule has 0 unspecified atom stereocenters. The number of para-hydroxylation sites is 1. The minimum absolute atomic E-state index is 0.430. The monoisotopic (exact) mass is 269 g/mol. The van der Waals surface area contributed by atoms with Crippen LogP contribution in [0.1, 0.15) is 44.6 Å². The first-order chi connectivity index (χ1) is 9.81. The van der Waals surface area contributed by atoms with Crippen molar-refractivity contribution in [2.45, 2.75) is 39.0 Å². The molecule has 0 spiro atoms. The summed E-state index contributed by atoms with van der Waals surface area (Å²) < 4.78 is 0. The maximum atomic E-state index is 10.3. The molecule has 0 aromatic heterocycles. The van der Waals surface area contributed by atoms with Crippen LogP contribution in [0.3, 0.4) is 0 Å². The fraction of sp³-hybridized carbons (Fsp3) is 0.444. The zero-order valence-corrected chi connectivity index (χ0v) is 12.2. The summed E-state index contributed by atoms with van der Waals surface area (Å²) in [6.07, 6.45) is 10.3. The second kappa shape index (κ2) is 5.74. The lowest BCUT2D eigenvalue weighted by Crippen LogP contribution is -2.19. The van der Waals surface area contributed by atoms with E-state index < -0.39 is 0 Å². The molecule has 1 aromatic rings. The zero-order chi connectivity index (χ0) is 13.9. The van der Waals surface area contributed by atoms with Crippen LogP contribution in [-0.4, -0.2) is 18.2 Å². The average Bonchev–Trinajstić information content (AvgIpc) is 3.09. The molecule has 106 valence electrons. The molecule has 0 atom stereocenters. The maximum absolute atomic E-state index is 10.3. The van der Waals surface area contributed by atoms with Crippen LogP contribution in [0.15, 0.2) is 35.9 Å². The largest absolute Gasteiger partial charge is 0.506 e. The van der Waals surface area contributed by atoms with Gasteiger partial charge in [0.15, 0.2) is 0 Å². The van der Waals surface area contributed by atoms with E-state index in [4.69, 9.17) is 0 Å². The average molecular weight is 269 g/mol. The second-order valence-corrected chi connectivity index (χ2v) is 5.73. The van der Waals surface area contributed by atoms with Gasteiger partial charge in [-0.25, -0.2) is 0 Å². The van der Waals surface area contributed by atoms with Crippen molar-refractivity contribution in [3.63, 3.8) is 0 Å². The molecule has 0 saturated carbocycles. The number of phenols is 1. The van der Waals surface area contributed by atoms with Gasteiger partial charge in [0.05, 0.1) is 5.69 Å². The number of nitrogens with zero attached hydrogens (tertiary/aromatic N) is 1. The predicted molar refractivity (Wildman–Crippen MR) is 85.1 cm³/mol. The molecule has 2 heteroatoms. The molecule has 1 aromatic carbocycles. The van der Waals surface area contributed by atoms with Crippen LogP contribution in [0.5, 0.6) is 5.75 Å². The van der Waals surface area contributed by atoms with Crippen LogP contribution in [0.25, 0.3) is 5.57 Å². The van der Waals surface area contributed by atoms with Crippen LogP contribution in [0.4, 0.5) is 5.69 Å². The third-order valence-electron chi connectivity index (χ3n) is 4.31. The SMILES string of the molecule is CCCC1=C(c2cccc(O)c2N2CCCC2)CC=C1.